The van der Waals surface area contributed by atoms with Gasteiger partial charge in [-0.2, -0.15) is 0 Å². The average Bonchev–Trinajstić information content (AvgIpc) is 3.47. The lowest BCUT2D eigenvalue weighted by atomic mass is 9.91. The summed E-state index contributed by atoms with van der Waals surface area (Å²) >= 11 is 1.30. The number of hydrogen-bond donors (Lipinski definition) is 1. The van der Waals surface area contributed by atoms with Crippen molar-refractivity contribution in [1.29, 1.82) is 0 Å². The van der Waals surface area contributed by atoms with Crippen LogP contribution in [-0.4, -0.2) is 46.4 Å². The summed E-state index contributed by atoms with van der Waals surface area (Å²) in [5.41, 5.74) is 0.0383. The fourth-order valence-corrected chi connectivity index (χ4v) is 4.14. The number of fused-ring (bicyclic) bond motifs is 1. The molecule has 3 amide bonds. The minimum atomic E-state index is -1.27. The van der Waals surface area contributed by atoms with Gasteiger partial charge in [-0.25, -0.2) is 14.5 Å². The van der Waals surface area contributed by atoms with Crippen LogP contribution in [0.1, 0.15) is 18.2 Å². The van der Waals surface area contributed by atoms with Gasteiger partial charge in [-0.15, -0.1) is 16.4 Å². The molecule has 1 aromatic carbocycles. The summed E-state index contributed by atoms with van der Waals surface area (Å²) in [5, 5.41) is 15.6. The lowest BCUT2D eigenvalue weighted by molar-refractivity contribution is -0.131. The second-order valence-electron chi connectivity index (χ2n) is 6.89. The quantitative estimate of drug-likeness (QED) is 0.480. The summed E-state index contributed by atoms with van der Waals surface area (Å²) in [7, 11) is 0. The van der Waals surface area contributed by atoms with Crippen LogP contribution < -0.4 is 10.9 Å². The molecule has 1 aliphatic heterocycles. The highest BCUT2D eigenvalue weighted by Gasteiger charge is 2.49. The Kier molecular flexibility index (Phi) is 3.96. The Morgan fingerprint density at radius 3 is 2.87 bits per heavy atom. The third-order valence-corrected chi connectivity index (χ3v) is 5.74. The van der Waals surface area contributed by atoms with E-state index in [1.807, 2.05) is 0 Å². The molecule has 1 fully saturated rings. The summed E-state index contributed by atoms with van der Waals surface area (Å²) in [6.07, 6.45) is 3.06. The van der Waals surface area contributed by atoms with Crippen LogP contribution in [0.15, 0.2) is 53.0 Å². The van der Waals surface area contributed by atoms with E-state index in [0.29, 0.717) is 21.9 Å². The fourth-order valence-electron chi connectivity index (χ4n) is 3.41. The Morgan fingerprint density at radius 1 is 1.20 bits per heavy atom. The highest BCUT2D eigenvalue weighted by molar-refractivity contribution is 7.15. The molecule has 11 nitrogen and oxygen atoms in total. The van der Waals surface area contributed by atoms with Gasteiger partial charge in [0.2, 0.25) is 0 Å². The van der Waals surface area contributed by atoms with Gasteiger partial charge in [0.1, 0.15) is 11.9 Å². The summed E-state index contributed by atoms with van der Waals surface area (Å²) in [5.74, 6) is -0.436. The van der Waals surface area contributed by atoms with Gasteiger partial charge in [0.15, 0.2) is 4.96 Å². The predicted octanol–water partition coefficient (Wildman–Crippen LogP) is 0.699. The van der Waals surface area contributed by atoms with Crippen LogP contribution in [0, 0.1) is 0 Å². The molecule has 0 unspecified atom stereocenters. The molecule has 3 aromatic heterocycles. The Morgan fingerprint density at radius 2 is 2.07 bits per heavy atom. The minimum absolute atomic E-state index is 0.101. The van der Waals surface area contributed by atoms with Gasteiger partial charge in [-0.3, -0.25) is 18.9 Å². The summed E-state index contributed by atoms with van der Waals surface area (Å²) in [4.78, 5) is 44.0. The van der Waals surface area contributed by atoms with Crippen molar-refractivity contribution in [3.63, 3.8) is 0 Å². The zero-order valence-corrected chi connectivity index (χ0v) is 16.4. The first-order valence-corrected chi connectivity index (χ1v) is 9.77. The lowest BCUT2D eigenvalue weighted by Crippen LogP contribution is -2.41. The zero-order valence-electron chi connectivity index (χ0n) is 15.6. The number of tetrazole rings is 1. The van der Waals surface area contributed by atoms with E-state index in [-0.39, 0.29) is 12.1 Å². The van der Waals surface area contributed by atoms with Crippen molar-refractivity contribution in [3.05, 3.63) is 69.8 Å². The normalized spacial score (nSPS) is 18.9. The summed E-state index contributed by atoms with van der Waals surface area (Å²) < 4.78 is 2.87. The van der Waals surface area contributed by atoms with Crippen LogP contribution in [0.4, 0.5) is 4.79 Å². The average molecular weight is 422 g/mol. The van der Waals surface area contributed by atoms with Crippen LogP contribution in [0.3, 0.4) is 0 Å². The van der Waals surface area contributed by atoms with Gasteiger partial charge in [0.25, 0.3) is 11.5 Å². The number of carbonyl (C=O) groups excluding carboxylic acids is 2. The first kappa shape index (κ1) is 18.1. The summed E-state index contributed by atoms with van der Waals surface area (Å²) in [6.45, 7) is 1.54. The SMILES string of the molecule is C[C@@]1(c2cccc(-n3cnnn3)c2)NC(=O)N(Cc2cc(=O)n3ccsc3n2)C1=O. The van der Waals surface area contributed by atoms with E-state index >= 15 is 0 Å². The molecule has 4 heterocycles. The van der Waals surface area contributed by atoms with E-state index in [9.17, 15) is 14.4 Å². The van der Waals surface area contributed by atoms with Gasteiger partial charge in [0, 0.05) is 17.6 Å². The molecule has 0 radical (unpaired) electrons. The van der Waals surface area contributed by atoms with E-state index in [1.54, 1.807) is 42.8 Å². The zero-order chi connectivity index (χ0) is 20.9. The van der Waals surface area contributed by atoms with Crippen LogP contribution >= 0.6 is 11.3 Å². The molecule has 12 heteroatoms. The van der Waals surface area contributed by atoms with Crippen LogP contribution in [-0.2, 0) is 16.9 Å². The number of nitrogens with one attached hydrogen (secondary N) is 1. The minimum Gasteiger partial charge on any atom is -0.319 e. The van der Waals surface area contributed by atoms with Gasteiger partial charge in [-0.1, -0.05) is 12.1 Å². The third kappa shape index (κ3) is 2.76. The maximum absolute atomic E-state index is 13.2. The predicted molar refractivity (Wildman–Crippen MR) is 105 cm³/mol. The van der Waals surface area contributed by atoms with E-state index in [4.69, 9.17) is 0 Å². The van der Waals surface area contributed by atoms with Gasteiger partial charge in [0.05, 0.1) is 17.9 Å². The molecule has 1 aliphatic rings. The molecule has 0 bridgehead atoms. The van der Waals surface area contributed by atoms with Gasteiger partial charge in [-0.05, 0) is 35.0 Å². The molecule has 1 atom stereocenters. The monoisotopic (exact) mass is 422 g/mol. The molecule has 1 N–H and O–H groups in total. The molecule has 5 rings (SSSR count). The second kappa shape index (κ2) is 6.56. The molecule has 0 spiro atoms. The largest absolute Gasteiger partial charge is 0.325 e. The molecular weight excluding hydrogens is 408 g/mol. The molecule has 0 saturated carbocycles. The molecule has 1 saturated heterocycles. The highest BCUT2D eigenvalue weighted by Crippen LogP contribution is 2.30. The van der Waals surface area contributed by atoms with Crippen molar-refractivity contribution >= 4 is 28.2 Å². The number of rotatable bonds is 4. The van der Waals surface area contributed by atoms with Crippen LogP contribution in [0.5, 0.6) is 0 Å². The van der Waals surface area contributed by atoms with Gasteiger partial charge >= 0.3 is 6.03 Å². The maximum atomic E-state index is 13.2. The number of carbonyl (C=O) groups is 2. The first-order valence-electron chi connectivity index (χ1n) is 8.89. The van der Waals surface area contributed by atoms with E-state index in [1.165, 1.54) is 32.8 Å². The van der Waals surface area contributed by atoms with Crippen LogP contribution in [0.25, 0.3) is 10.6 Å². The Balaban J connectivity index is 1.47. The number of hydrogen-bond acceptors (Lipinski definition) is 8. The van der Waals surface area contributed by atoms with E-state index in [2.05, 4.69) is 25.8 Å². The lowest BCUT2D eigenvalue weighted by Gasteiger charge is -2.22. The molecule has 0 aliphatic carbocycles. The number of aromatic nitrogens is 6. The Bertz CT molecular complexity index is 1340. The van der Waals surface area contributed by atoms with E-state index in [0.717, 1.165) is 4.90 Å². The second-order valence-corrected chi connectivity index (χ2v) is 7.77. The van der Waals surface area contributed by atoms with E-state index < -0.39 is 17.5 Å². The molecular formula is C18H14N8O3S. The standard InChI is InChI=1S/C18H14N8O3S/c1-18(11-3-2-4-13(7-11)26-10-19-22-23-26)15(28)25(16(29)21-18)9-12-8-14(27)24-5-6-30-17(24)20-12/h2-8,10H,9H2,1H3,(H,21,29)/t18-/m0/s1. The number of imide groups is 1. The Labute approximate surface area is 172 Å². The number of nitrogens with zero attached hydrogens (tertiary/aromatic N) is 7. The number of amides is 3. The number of benzene rings is 1. The van der Waals surface area contributed by atoms with Crippen molar-refractivity contribution in [1.82, 2.24) is 39.8 Å². The smallest absolute Gasteiger partial charge is 0.319 e. The first-order chi connectivity index (χ1) is 14.5. The van der Waals surface area contributed by atoms with Crippen molar-refractivity contribution < 1.29 is 9.59 Å². The maximum Gasteiger partial charge on any atom is 0.325 e. The third-order valence-electron chi connectivity index (χ3n) is 4.99. The van der Waals surface area contributed by atoms with Crippen molar-refractivity contribution in [2.45, 2.75) is 19.0 Å². The van der Waals surface area contributed by atoms with Crippen molar-refractivity contribution in [2.75, 3.05) is 0 Å². The van der Waals surface area contributed by atoms with Gasteiger partial charge < -0.3 is 5.32 Å². The molecule has 30 heavy (non-hydrogen) atoms. The fraction of sp³-hybridized carbons (Fsp3) is 0.167. The molecule has 150 valence electrons. The van der Waals surface area contributed by atoms with Crippen LogP contribution in [0.2, 0.25) is 0 Å². The molecule has 4 aromatic rings. The number of thiazole rings is 1. The Hall–Kier alpha value is -3.93. The topological polar surface area (TPSA) is 127 Å². The van der Waals surface area contributed by atoms with Crippen molar-refractivity contribution in [3.8, 4) is 5.69 Å². The number of urea groups is 1. The van der Waals surface area contributed by atoms with Crippen molar-refractivity contribution in [2.24, 2.45) is 0 Å². The summed E-state index contributed by atoms with van der Waals surface area (Å²) in [6, 6.07) is 7.80. The highest BCUT2D eigenvalue weighted by atomic mass is 32.1.